The highest BCUT2D eigenvalue weighted by Gasteiger charge is 2.14. The van der Waals surface area contributed by atoms with Crippen LogP contribution in [0.15, 0.2) is 83.2 Å². The molecule has 0 saturated heterocycles. The molecule has 4 heterocycles. The highest BCUT2D eigenvalue weighted by atomic mass is 32.1. The maximum atomic E-state index is 13.4. The van der Waals surface area contributed by atoms with Gasteiger partial charge in [0.15, 0.2) is 0 Å². The number of rotatable bonds is 4. The van der Waals surface area contributed by atoms with Crippen molar-refractivity contribution in [2.75, 3.05) is 0 Å². The van der Waals surface area contributed by atoms with Crippen LogP contribution in [-0.4, -0.2) is 19.3 Å². The summed E-state index contributed by atoms with van der Waals surface area (Å²) >= 11 is 1.56. The van der Waals surface area contributed by atoms with Gasteiger partial charge in [-0.2, -0.15) is 5.10 Å². The van der Waals surface area contributed by atoms with E-state index in [0.29, 0.717) is 13.0 Å². The fourth-order valence-electron chi connectivity index (χ4n) is 4.28. The van der Waals surface area contributed by atoms with E-state index in [4.69, 9.17) is 4.98 Å². The van der Waals surface area contributed by atoms with E-state index in [2.05, 4.69) is 57.6 Å². The molecule has 2 aromatic carbocycles. The summed E-state index contributed by atoms with van der Waals surface area (Å²) in [5, 5.41) is 9.52. The average molecular weight is 437 g/mol. The van der Waals surface area contributed by atoms with Gasteiger partial charge in [0.05, 0.1) is 28.3 Å². The molecule has 0 atom stereocenters. The molecular formula is C26H20N4OS. The molecule has 156 valence electrons. The number of hydrogen-bond acceptors (Lipinski definition) is 4. The highest BCUT2D eigenvalue weighted by Crippen LogP contribution is 2.33. The molecule has 0 spiro atoms. The molecule has 5 nitrogen and oxygen atoms in total. The number of fused-ring (bicyclic) bond motifs is 3. The van der Waals surface area contributed by atoms with Gasteiger partial charge in [-0.1, -0.05) is 30.3 Å². The quantitative estimate of drug-likeness (QED) is 0.371. The molecule has 32 heavy (non-hydrogen) atoms. The van der Waals surface area contributed by atoms with Crippen molar-refractivity contribution in [3.05, 3.63) is 94.5 Å². The van der Waals surface area contributed by atoms with Crippen molar-refractivity contribution in [3.8, 4) is 11.1 Å². The van der Waals surface area contributed by atoms with Crippen molar-refractivity contribution in [1.82, 2.24) is 19.3 Å². The number of pyridine rings is 1. The lowest BCUT2D eigenvalue weighted by atomic mass is 10.0. The fourth-order valence-corrected chi connectivity index (χ4v) is 5.20. The minimum Gasteiger partial charge on any atom is -0.351 e. The smallest absolute Gasteiger partial charge is 0.276 e. The molecule has 0 amide bonds. The lowest BCUT2D eigenvalue weighted by Crippen LogP contribution is -2.23. The van der Waals surface area contributed by atoms with Crippen LogP contribution >= 0.6 is 11.3 Å². The molecule has 0 aliphatic rings. The first-order valence-electron chi connectivity index (χ1n) is 10.5. The average Bonchev–Trinajstić information content (AvgIpc) is 3.42. The first-order valence-corrected chi connectivity index (χ1v) is 11.4. The number of thiophene rings is 1. The summed E-state index contributed by atoms with van der Waals surface area (Å²) in [4.78, 5) is 18.1. The molecule has 6 aromatic rings. The third-order valence-electron chi connectivity index (χ3n) is 6.01. The molecule has 0 aliphatic heterocycles. The number of hydrogen-bond donors (Lipinski definition) is 0. The summed E-state index contributed by atoms with van der Waals surface area (Å²) in [6.45, 7) is 0.493. The second-order valence-corrected chi connectivity index (χ2v) is 8.92. The molecule has 0 N–H and O–H groups in total. The van der Waals surface area contributed by atoms with Crippen LogP contribution in [0, 0.1) is 0 Å². The molecule has 6 heteroatoms. The van der Waals surface area contributed by atoms with Crippen molar-refractivity contribution < 1.29 is 0 Å². The van der Waals surface area contributed by atoms with E-state index >= 15 is 0 Å². The Morgan fingerprint density at radius 2 is 1.91 bits per heavy atom. The van der Waals surface area contributed by atoms with Gasteiger partial charge in [0.25, 0.3) is 5.56 Å². The first kappa shape index (κ1) is 19.0. The predicted octanol–water partition coefficient (Wildman–Crippen LogP) is 5.41. The Balaban J connectivity index is 1.36. The van der Waals surface area contributed by atoms with Crippen LogP contribution in [0.5, 0.6) is 0 Å². The van der Waals surface area contributed by atoms with Crippen LogP contribution < -0.4 is 5.56 Å². The molecule has 0 fully saturated rings. The molecular weight excluding hydrogens is 416 g/mol. The zero-order chi connectivity index (χ0) is 21.7. The van der Waals surface area contributed by atoms with Gasteiger partial charge in [0.2, 0.25) is 0 Å². The van der Waals surface area contributed by atoms with Crippen molar-refractivity contribution >= 4 is 43.2 Å². The standard InChI is InChI=1S/C26H20N4OS/c1-29-12-10-19-14-18(7-9-23(19)29)21-16-32-24-15-27-30(26(31)25(21)24)13-11-20-8-6-17-4-2-3-5-22(17)28-20/h2-10,12,14-16H,11,13H2,1H3. The number of para-hydroxylation sites is 1. The summed E-state index contributed by atoms with van der Waals surface area (Å²) in [7, 11) is 2.04. The summed E-state index contributed by atoms with van der Waals surface area (Å²) in [5.74, 6) is 0. The van der Waals surface area contributed by atoms with Crippen LogP contribution in [-0.2, 0) is 20.0 Å². The van der Waals surface area contributed by atoms with Crippen molar-refractivity contribution in [2.45, 2.75) is 13.0 Å². The van der Waals surface area contributed by atoms with Crippen LogP contribution in [0.1, 0.15) is 5.69 Å². The Morgan fingerprint density at radius 1 is 1.00 bits per heavy atom. The van der Waals surface area contributed by atoms with Crippen LogP contribution in [0.3, 0.4) is 0 Å². The highest BCUT2D eigenvalue weighted by molar-refractivity contribution is 7.17. The van der Waals surface area contributed by atoms with E-state index in [1.54, 1.807) is 22.2 Å². The number of aromatic nitrogens is 4. The van der Waals surface area contributed by atoms with Gasteiger partial charge < -0.3 is 4.57 Å². The SMILES string of the molecule is Cn1ccc2cc(-c3csc4cnn(CCc5ccc6ccccc6n5)c(=O)c34)ccc21. The lowest BCUT2D eigenvalue weighted by molar-refractivity contribution is 0.580. The largest absolute Gasteiger partial charge is 0.351 e. The van der Waals surface area contributed by atoms with E-state index in [9.17, 15) is 4.79 Å². The summed E-state index contributed by atoms with van der Waals surface area (Å²) < 4.78 is 4.58. The molecule has 0 unspecified atom stereocenters. The monoisotopic (exact) mass is 436 g/mol. The van der Waals surface area contributed by atoms with Crippen molar-refractivity contribution in [3.63, 3.8) is 0 Å². The minimum atomic E-state index is -0.0484. The van der Waals surface area contributed by atoms with Gasteiger partial charge in [-0.05, 0) is 35.9 Å². The minimum absolute atomic E-state index is 0.0484. The Hall–Kier alpha value is -3.77. The maximum absolute atomic E-state index is 13.4. The van der Waals surface area contributed by atoms with Crippen LogP contribution in [0.4, 0.5) is 0 Å². The van der Waals surface area contributed by atoms with Gasteiger partial charge in [-0.15, -0.1) is 11.3 Å². The van der Waals surface area contributed by atoms with E-state index in [-0.39, 0.29) is 5.56 Å². The van der Waals surface area contributed by atoms with E-state index in [1.807, 2.05) is 31.3 Å². The number of benzene rings is 2. The van der Waals surface area contributed by atoms with Crippen molar-refractivity contribution in [1.29, 1.82) is 0 Å². The Morgan fingerprint density at radius 3 is 2.84 bits per heavy atom. The van der Waals surface area contributed by atoms with Gasteiger partial charge in [-0.3, -0.25) is 9.78 Å². The van der Waals surface area contributed by atoms with E-state index in [0.717, 1.165) is 37.8 Å². The number of aryl methyl sites for hydroxylation is 3. The summed E-state index contributed by atoms with van der Waals surface area (Å²) in [6.07, 6.45) is 4.51. The molecule has 0 aliphatic carbocycles. The Labute approximate surface area is 188 Å². The Bertz CT molecular complexity index is 1670. The van der Waals surface area contributed by atoms with Crippen molar-refractivity contribution in [2.24, 2.45) is 7.05 Å². The normalized spacial score (nSPS) is 11.7. The maximum Gasteiger partial charge on any atom is 0.276 e. The zero-order valence-electron chi connectivity index (χ0n) is 17.5. The molecule has 0 bridgehead atoms. The zero-order valence-corrected chi connectivity index (χ0v) is 18.3. The second kappa shape index (κ2) is 7.43. The third-order valence-corrected chi connectivity index (χ3v) is 6.93. The third kappa shape index (κ3) is 3.11. The predicted molar refractivity (Wildman–Crippen MR) is 131 cm³/mol. The fraction of sp³-hybridized carbons (Fsp3) is 0.115. The van der Waals surface area contributed by atoms with E-state index in [1.165, 1.54) is 10.9 Å². The van der Waals surface area contributed by atoms with E-state index < -0.39 is 0 Å². The molecule has 6 rings (SSSR count). The summed E-state index contributed by atoms with van der Waals surface area (Å²) in [5.41, 5.74) is 5.08. The van der Waals surface area contributed by atoms with Gasteiger partial charge in [0.1, 0.15) is 0 Å². The number of nitrogens with zero attached hydrogens (tertiary/aromatic N) is 4. The lowest BCUT2D eigenvalue weighted by Gasteiger charge is -2.07. The van der Waals surface area contributed by atoms with Gasteiger partial charge >= 0.3 is 0 Å². The molecule has 0 saturated carbocycles. The second-order valence-electron chi connectivity index (χ2n) is 8.01. The van der Waals surface area contributed by atoms with Gasteiger partial charge in [-0.25, -0.2) is 4.68 Å². The van der Waals surface area contributed by atoms with Gasteiger partial charge in [0, 0.05) is 52.6 Å². The topological polar surface area (TPSA) is 52.7 Å². The Kier molecular flexibility index (Phi) is 4.40. The molecule has 4 aromatic heterocycles. The van der Waals surface area contributed by atoms with Crippen LogP contribution in [0.25, 0.3) is 43.0 Å². The summed E-state index contributed by atoms with van der Waals surface area (Å²) in [6, 6.07) is 20.6. The first-order chi connectivity index (χ1) is 15.7. The van der Waals surface area contributed by atoms with Crippen LogP contribution in [0.2, 0.25) is 0 Å². The molecule has 0 radical (unpaired) electrons.